The van der Waals surface area contributed by atoms with Crippen LogP contribution in [0.15, 0.2) is 18.2 Å². The summed E-state index contributed by atoms with van der Waals surface area (Å²) in [7, 11) is 0. The molecule has 21 heavy (non-hydrogen) atoms. The zero-order valence-corrected chi connectivity index (χ0v) is 14.2. The van der Waals surface area contributed by atoms with E-state index >= 15 is 0 Å². The fraction of sp³-hybridized carbons (Fsp3) is 0.400. The van der Waals surface area contributed by atoms with Gasteiger partial charge in [0, 0.05) is 22.9 Å². The Labute approximate surface area is 139 Å². The molecule has 0 atom stereocenters. The molecule has 1 aliphatic heterocycles. The van der Waals surface area contributed by atoms with Crippen LogP contribution in [0.4, 0.5) is 5.82 Å². The van der Waals surface area contributed by atoms with Gasteiger partial charge in [0.1, 0.15) is 5.82 Å². The van der Waals surface area contributed by atoms with Gasteiger partial charge in [-0.25, -0.2) is 4.68 Å². The van der Waals surface area contributed by atoms with Crippen molar-refractivity contribution in [1.29, 1.82) is 0 Å². The summed E-state index contributed by atoms with van der Waals surface area (Å²) in [5, 5.41) is 9.62. The molecular weight excluding hydrogens is 325 g/mol. The monoisotopic (exact) mass is 341 g/mol. The quantitative estimate of drug-likeness (QED) is 0.870. The van der Waals surface area contributed by atoms with Crippen molar-refractivity contribution in [2.24, 2.45) is 0 Å². The van der Waals surface area contributed by atoms with E-state index in [0.29, 0.717) is 10.0 Å². The number of nitrogens with zero attached hydrogens (tertiary/aromatic N) is 2. The minimum absolute atomic E-state index is 0.659. The van der Waals surface area contributed by atoms with Crippen LogP contribution in [0.25, 0.3) is 5.69 Å². The van der Waals surface area contributed by atoms with Crippen molar-refractivity contribution in [3.63, 3.8) is 0 Å². The standard InChI is InChI=1S/C15H17Cl2N3S/c1-21-9-13-11-4-2-3-7-18-15(11)20(19-13)14-8-10(16)5-6-12(14)17/h5-6,8,18H,2-4,7,9H2,1H3. The maximum absolute atomic E-state index is 6.35. The molecule has 3 nitrogen and oxygen atoms in total. The summed E-state index contributed by atoms with van der Waals surface area (Å²) in [6, 6.07) is 5.48. The molecule has 0 radical (unpaired) electrons. The molecule has 2 aromatic rings. The Morgan fingerprint density at radius 3 is 3.00 bits per heavy atom. The van der Waals surface area contributed by atoms with Crippen LogP contribution in [0.5, 0.6) is 0 Å². The van der Waals surface area contributed by atoms with Gasteiger partial charge in [0.05, 0.1) is 16.4 Å². The van der Waals surface area contributed by atoms with E-state index in [1.807, 2.05) is 16.8 Å². The maximum atomic E-state index is 6.35. The predicted molar refractivity (Wildman–Crippen MR) is 92.2 cm³/mol. The van der Waals surface area contributed by atoms with Gasteiger partial charge < -0.3 is 5.32 Å². The number of halogens is 2. The molecule has 0 saturated carbocycles. The highest BCUT2D eigenvalue weighted by atomic mass is 35.5. The number of nitrogens with one attached hydrogen (secondary N) is 1. The van der Waals surface area contributed by atoms with E-state index in [1.54, 1.807) is 17.8 Å². The van der Waals surface area contributed by atoms with Gasteiger partial charge in [0.15, 0.2) is 0 Å². The Morgan fingerprint density at radius 1 is 1.33 bits per heavy atom. The number of aromatic nitrogens is 2. The van der Waals surface area contributed by atoms with E-state index in [2.05, 4.69) is 11.6 Å². The summed E-state index contributed by atoms with van der Waals surface area (Å²) in [4.78, 5) is 0. The van der Waals surface area contributed by atoms with Crippen molar-refractivity contribution in [1.82, 2.24) is 9.78 Å². The third kappa shape index (κ3) is 3.03. The molecule has 1 N–H and O–H groups in total. The second-order valence-corrected chi connectivity index (χ2v) is 6.81. The SMILES string of the molecule is CSCc1nn(-c2cc(Cl)ccc2Cl)c2c1CCCCN2. The number of thioether (sulfide) groups is 1. The van der Waals surface area contributed by atoms with Gasteiger partial charge in [-0.1, -0.05) is 23.2 Å². The smallest absolute Gasteiger partial charge is 0.133 e. The molecule has 0 fully saturated rings. The van der Waals surface area contributed by atoms with E-state index < -0.39 is 0 Å². The van der Waals surface area contributed by atoms with Gasteiger partial charge in [0.2, 0.25) is 0 Å². The summed E-state index contributed by atoms with van der Waals surface area (Å²) < 4.78 is 1.92. The fourth-order valence-corrected chi connectivity index (χ4v) is 3.52. The fourth-order valence-electron chi connectivity index (χ4n) is 2.65. The van der Waals surface area contributed by atoms with Crippen LogP contribution >= 0.6 is 35.0 Å². The van der Waals surface area contributed by atoms with E-state index in [1.165, 1.54) is 18.4 Å². The molecule has 1 aliphatic rings. The van der Waals surface area contributed by atoms with Crippen molar-refractivity contribution >= 4 is 40.8 Å². The summed E-state index contributed by atoms with van der Waals surface area (Å²) in [6.45, 7) is 0.968. The third-order valence-corrected chi connectivity index (χ3v) is 4.75. The second kappa shape index (κ2) is 6.51. The lowest BCUT2D eigenvalue weighted by atomic mass is 10.1. The van der Waals surface area contributed by atoms with Crippen molar-refractivity contribution in [3.8, 4) is 5.69 Å². The number of rotatable bonds is 3. The molecule has 0 saturated heterocycles. The van der Waals surface area contributed by atoms with Gasteiger partial charge >= 0.3 is 0 Å². The zero-order chi connectivity index (χ0) is 14.8. The molecular formula is C15H17Cl2N3S. The summed E-state index contributed by atoms with van der Waals surface area (Å²) in [5.41, 5.74) is 3.29. The number of hydrogen-bond donors (Lipinski definition) is 1. The minimum Gasteiger partial charge on any atom is -0.370 e. The molecule has 1 aromatic heterocycles. The van der Waals surface area contributed by atoms with E-state index in [0.717, 1.165) is 35.9 Å². The van der Waals surface area contributed by atoms with E-state index in [4.69, 9.17) is 28.3 Å². The highest BCUT2D eigenvalue weighted by molar-refractivity contribution is 7.97. The number of fused-ring (bicyclic) bond motifs is 1. The first-order chi connectivity index (χ1) is 10.2. The van der Waals surface area contributed by atoms with E-state index in [-0.39, 0.29) is 0 Å². The number of anilines is 1. The largest absolute Gasteiger partial charge is 0.370 e. The molecule has 0 aliphatic carbocycles. The Balaban J connectivity index is 2.15. The zero-order valence-electron chi connectivity index (χ0n) is 11.8. The molecule has 2 heterocycles. The molecule has 1 aromatic carbocycles. The van der Waals surface area contributed by atoms with Crippen LogP contribution in [0.2, 0.25) is 10.0 Å². The Hall–Kier alpha value is -0.840. The first kappa shape index (κ1) is 15.1. The lowest BCUT2D eigenvalue weighted by molar-refractivity contribution is 0.771. The van der Waals surface area contributed by atoms with Gasteiger partial charge in [0.25, 0.3) is 0 Å². The highest BCUT2D eigenvalue weighted by Gasteiger charge is 2.21. The first-order valence-electron chi connectivity index (χ1n) is 6.99. The van der Waals surface area contributed by atoms with Crippen LogP contribution < -0.4 is 5.32 Å². The molecule has 0 spiro atoms. The highest BCUT2D eigenvalue weighted by Crippen LogP contribution is 2.33. The van der Waals surface area contributed by atoms with Crippen LogP contribution in [-0.4, -0.2) is 22.6 Å². The average Bonchev–Trinajstić information content (AvgIpc) is 2.66. The topological polar surface area (TPSA) is 29.9 Å². The number of benzene rings is 1. The second-order valence-electron chi connectivity index (χ2n) is 5.10. The van der Waals surface area contributed by atoms with Crippen LogP contribution in [0.1, 0.15) is 24.1 Å². The molecule has 0 amide bonds. The first-order valence-corrected chi connectivity index (χ1v) is 9.14. The third-order valence-electron chi connectivity index (χ3n) is 3.63. The number of hydrogen-bond acceptors (Lipinski definition) is 3. The van der Waals surface area contributed by atoms with Crippen molar-refractivity contribution in [3.05, 3.63) is 39.5 Å². The Kier molecular flexibility index (Phi) is 4.67. The van der Waals surface area contributed by atoms with Crippen molar-refractivity contribution in [2.75, 3.05) is 18.1 Å². The molecule has 0 bridgehead atoms. The van der Waals surface area contributed by atoms with Gasteiger partial charge in [-0.2, -0.15) is 16.9 Å². The molecule has 6 heteroatoms. The van der Waals surface area contributed by atoms with Crippen molar-refractivity contribution in [2.45, 2.75) is 25.0 Å². The van der Waals surface area contributed by atoms with E-state index in [9.17, 15) is 0 Å². The molecule has 3 rings (SSSR count). The van der Waals surface area contributed by atoms with Gasteiger partial charge in [-0.3, -0.25) is 0 Å². The summed E-state index contributed by atoms with van der Waals surface area (Å²) >= 11 is 14.3. The van der Waals surface area contributed by atoms with Gasteiger partial charge in [-0.05, 0) is 43.7 Å². The van der Waals surface area contributed by atoms with Gasteiger partial charge in [-0.15, -0.1) is 0 Å². The van der Waals surface area contributed by atoms with Crippen LogP contribution in [0, 0.1) is 0 Å². The Bertz CT molecular complexity index is 655. The Morgan fingerprint density at radius 2 is 2.19 bits per heavy atom. The lowest BCUT2D eigenvalue weighted by Gasteiger charge is -2.11. The lowest BCUT2D eigenvalue weighted by Crippen LogP contribution is -2.07. The maximum Gasteiger partial charge on any atom is 0.133 e. The minimum atomic E-state index is 0.659. The molecule has 112 valence electrons. The average molecular weight is 342 g/mol. The summed E-state index contributed by atoms with van der Waals surface area (Å²) in [6.07, 6.45) is 5.53. The van der Waals surface area contributed by atoms with Crippen LogP contribution in [0.3, 0.4) is 0 Å². The normalized spacial score (nSPS) is 14.4. The van der Waals surface area contributed by atoms with Crippen molar-refractivity contribution < 1.29 is 0 Å². The summed E-state index contributed by atoms with van der Waals surface area (Å²) in [5.74, 6) is 1.98. The van der Waals surface area contributed by atoms with Crippen LogP contribution in [-0.2, 0) is 12.2 Å². The predicted octanol–water partition coefficient (Wildman–Crippen LogP) is 4.79. The molecule has 0 unspecified atom stereocenters.